The zero-order valence-electron chi connectivity index (χ0n) is 15.9. The molecule has 154 valence electrons. The summed E-state index contributed by atoms with van der Waals surface area (Å²) in [7, 11) is -1.40. The SMILES string of the molecule is CNCCC1CCN(C(=O)Cc2ccc(S(=O)(=O)N3CCCC3)s2)CC1.Cl. The summed E-state index contributed by atoms with van der Waals surface area (Å²) in [5.74, 6) is 0.814. The molecule has 0 bridgehead atoms. The molecule has 3 rings (SSSR count). The molecule has 9 heteroatoms. The van der Waals surface area contributed by atoms with Gasteiger partial charge in [0.05, 0.1) is 6.42 Å². The van der Waals surface area contributed by atoms with E-state index in [0.29, 0.717) is 29.6 Å². The third kappa shape index (κ3) is 5.67. The first-order valence-electron chi connectivity index (χ1n) is 9.52. The molecule has 1 amide bonds. The Kier molecular flexibility index (Phi) is 8.55. The topological polar surface area (TPSA) is 69.7 Å². The van der Waals surface area contributed by atoms with Gasteiger partial charge in [0.25, 0.3) is 10.0 Å². The lowest BCUT2D eigenvalue weighted by molar-refractivity contribution is -0.131. The van der Waals surface area contributed by atoms with Crippen LogP contribution < -0.4 is 5.32 Å². The molecule has 0 saturated carbocycles. The molecular weight excluding hydrogens is 406 g/mol. The standard InChI is InChI=1S/C18H29N3O3S2.ClH/c1-19-9-6-15-7-12-20(13-8-15)17(22)14-16-4-5-18(25-16)26(23,24)21-10-2-3-11-21;/h4-5,15,19H,2-3,6-14H2,1H3;1H. The van der Waals surface area contributed by atoms with E-state index in [2.05, 4.69) is 5.32 Å². The maximum absolute atomic E-state index is 12.6. The average Bonchev–Trinajstić information content (AvgIpc) is 3.32. The number of rotatable bonds is 7. The molecular formula is C18H30ClN3O3S2. The van der Waals surface area contributed by atoms with Gasteiger partial charge in [-0.3, -0.25) is 4.79 Å². The number of carbonyl (C=O) groups is 1. The normalized spacial score (nSPS) is 19.2. The highest BCUT2D eigenvalue weighted by molar-refractivity contribution is 7.91. The molecule has 2 aliphatic rings. The van der Waals surface area contributed by atoms with Crippen LogP contribution in [0.5, 0.6) is 0 Å². The van der Waals surface area contributed by atoms with Crippen molar-refractivity contribution in [2.45, 2.75) is 42.7 Å². The highest BCUT2D eigenvalue weighted by atomic mass is 35.5. The van der Waals surface area contributed by atoms with Crippen molar-refractivity contribution in [1.29, 1.82) is 0 Å². The fraction of sp³-hybridized carbons (Fsp3) is 0.722. The second kappa shape index (κ2) is 10.2. The molecule has 0 unspecified atom stereocenters. The Labute approximate surface area is 172 Å². The minimum absolute atomic E-state index is 0. The highest BCUT2D eigenvalue weighted by Gasteiger charge is 2.29. The number of amides is 1. The van der Waals surface area contributed by atoms with E-state index in [9.17, 15) is 13.2 Å². The number of sulfonamides is 1. The van der Waals surface area contributed by atoms with Gasteiger partial charge in [-0.25, -0.2) is 8.42 Å². The molecule has 2 fully saturated rings. The van der Waals surface area contributed by atoms with Crippen LogP contribution >= 0.6 is 23.7 Å². The highest BCUT2D eigenvalue weighted by Crippen LogP contribution is 2.28. The average molecular weight is 436 g/mol. The molecule has 6 nitrogen and oxygen atoms in total. The number of nitrogens with one attached hydrogen (secondary N) is 1. The largest absolute Gasteiger partial charge is 0.342 e. The van der Waals surface area contributed by atoms with E-state index in [1.807, 2.05) is 11.9 Å². The van der Waals surface area contributed by atoms with Crippen molar-refractivity contribution in [3.63, 3.8) is 0 Å². The summed E-state index contributed by atoms with van der Waals surface area (Å²) in [5.41, 5.74) is 0. The summed E-state index contributed by atoms with van der Waals surface area (Å²) in [6.45, 7) is 3.88. The van der Waals surface area contributed by atoms with E-state index >= 15 is 0 Å². The van der Waals surface area contributed by atoms with Crippen molar-refractivity contribution in [3.8, 4) is 0 Å². The van der Waals surface area contributed by atoms with Gasteiger partial charge in [-0.05, 0) is 63.7 Å². The van der Waals surface area contributed by atoms with Crippen LogP contribution in [0.2, 0.25) is 0 Å². The molecule has 1 N–H and O–H groups in total. The van der Waals surface area contributed by atoms with Gasteiger partial charge in [0.15, 0.2) is 0 Å². The first kappa shape index (κ1) is 22.6. The van der Waals surface area contributed by atoms with Crippen LogP contribution in [0.25, 0.3) is 0 Å². The van der Waals surface area contributed by atoms with Crippen LogP contribution in [-0.2, 0) is 21.2 Å². The Morgan fingerprint density at radius 3 is 2.48 bits per heavy atom. The zero-order valence-corrected chi connectivity index (χ0v) is 18.3. The summed E-state index contributed by atoms with van der Waals surface area (Å²) >= 11 is 1.25. The van der Waals surface area contributed by atoms with Gasteiger partial charge in [0, 0.05) is 31.1 Å². The molecule has 27 heavy (non-hydrogen) atoms. The fourth-order valence-corrected chi connectivity index (χ4v) is 6.75. The predicted molar refractivity (Wildman–Crippen MR) is 111 cm³/mol. The number of carbonyl (C=O) groups excluding carboxylic acids is 1. The van der Waals surface area contributed by atoms with Crippen LogP contribution in [0.15, 0.2) is 16.3 Å². The summed E-state index contributed by atoms with van der Waals surface area (Å²) in [4.78, 5) is 15.3. The number of thiophene rings is 1. The molecule has 0 radical (unpaired) electrons. The Morgan fingerprint density at radius 1 is 1.19 bits per heavy atom. The minimum Gasteiger partial charge on any atom is -0.342 e. The zero-order chi connectivity index (χ0) is 18.6. The van der Waals surface area contributed by atoms with E-state index in [4.69, 9.17) is 0 Å². The molecule has 2 saturated heterocycles. The van der Waals surface area contributed by atoms with Gasteiger partial charge in [0.1, 0.15) is 4.21 Å². The van der Waals surface area contributed by atoms with E-state index in [-0.39, 0.29) is 18.3 Å². The van der Waals surface area contributed by atoms with Gasteiger partial charge in [-0.1, -0.05) is 0 Å². The molecule has 1 aromatic rings. The van der Waals surface area contributed by atoms with Crippen LogP contribution in [0.1, 0.15) is 37.0 Å². The van der Waals surface area contributed by atoms with Crippen LogP contribution in [0.3, 0.4) is 0 Å². The maximum Gasteiger partial charge on any atom is 0.252 e. The van der Waals surface area contributed by atoms with Crippen LogP contribution in [0.4, 0.5) is 0 Å². The summed E-state index contributed by atoms with van der Waals surface area (Å²) < 4.78 is 27.1. The molecule has 0 spiro atoms. The molecule has 2 aliphatic heterocycles. The van der Waals surface area contributed by atoms with Gasteiger partial charge in [0.2, 0.25) is 5.91 Å². The summed E-state index contributed by atoms with van der Waals surface area (Å²) in [6, 6.07) is 3.45. The van der Waals surface area contributed by atoms with E-state index in [0.717, 1.165) is 50.2 Å². The third-order valence-electron chi connectivity index (χ3n) is 5.39. The molecule has 0 aromatic carbocycles. The van der Waals surface area contributed by atoms with Crippen molar-refractivity contribution in [2.75, 3.05) is 39.8 Å². The number of halogens is 1. The number of hydrogen-bond acceptors (Lipinski definition) is 5. The van der Waals surface area contributed by atoms with Crippen LogP contribution in [-0.4, -0.2) is 63.3 Å². The predicted octanol–water partition coefficient (Wildman–Crippen LogP) is 2.35. The lowest BCUT2D eigenvalue weighted by atomic mass is 9.93. The number of piperidine rings is 1. The van der Waals surface area contributed by atoms with Gasteiger partial charge >= 0.3 is 0 Å². The summed E-state index contributed by atoms with van der Waals surface area (Å²) in [6.07, 6.45) is 5.46. The van der Waals surface area contributed by atoms with Crippen molar-refractivity contribution >= 4 is 39.7 Å². The lowest BCUT2D eigenvalue weighted by Crippen LogP contribution is -2.39. The van der Waals surface area contributed by atoms with E-state index in [1.54, 1.807) is 16.4 Å². The molecule has 0 atom stereocenters. The third-order valence-corrected chi connectivity index (χ3v) is 8.84. The first-order valence-corrected chi connectivity index (χ1v) is 11.8. The van der Waals surface area contributed by atoms with Gasteiger partial charge in [-0.2, -0.15) is 4.31 Å². The minimum atomic E-state index is -3.37. The first-order chi connectivity index (χ1) is 12.5. The van der Waals surface area contributed by atoms with E-state index in [1.165, 1.54) is 17.8 Å². The van der Waals surface area contributed by atoms with Crippen molar-refractivity contribution < 1.29 is 13.2 Å². The van der Waals surface area contributed by atoms with Crippen molar-refractivity contribution in [3.05, 3.63) is 17.0 Å². The lowest BCUT2D eigenvalue weighted by Gasteiger charge is -2.32. The van der Waals surface area contributed by atoms with E-state index < -0.39 is 10.0 Å². The summed E-state index contributed by atoms with van der Waals surface area (Å²) in [5, 5.41) is 3.18. The monoisotopic (exact) mass is 435 g/mol. The second-order valence-electron chi connectivity index (χ2n) is 7.23. The number of hydrogen-bond donors (Lipinski definition) is 1. The Balaban J connectivity index is 0.00000261. The number of nitrogens with zero attached hydrogens (tertiary/aromatic N) is 2. The molecule has 1 aromatic heterocycles. The van der Waals surface area contributed by atoms with Crippen molar-refractivity contribution in [1.82, 2.24) is 14.5 Å². The van der Waals surface area contributed by atoms with Crippen molar-refractivity contribution in [2.24, 2.45) is 5.92 Å². The van der Waals surface area contributed by atoms with Gasteiger partial charge < -0.3 is 10.2 Å². The quantitative estimate of drug-likeness (QED) is 0.713. The van der Waals surface area contributed by atoms with Crippen LogP contribution in [0, 0.1) is 5.92 Å². The van der Waals surface area contributed by atoms with Gasteiger partial charge in [-0.15, -0.1) is 23.7 Å². The smallest absolute Gasteiger partial charge is 0.252 e. The Morgan fingerprint density at radius 2 is 1.85 bits per heavy atom. The Hall–Kier alpha value is -0.670. The fourth-order valence-electron chi connectivity index (χ4n) is 3.73. The second-order valence-corrected chi connectivity index (χ2v) is 10.6. The Bertz CT molecular complexity index is 709. The maximum atomic E-state index is 12.6. The molecule has 3 heterocycles. The molecule has 0 aliphatic carbocycles. The number of likely N-dealkylation sites (tertiary alicyclic amines) is 1.